The van der Waals surface area contributed by atoms with Gasteiger partial charge in [0.25, 0.3) is 0 Å². The monoisotopic (exact) mass is 525 g/mol. The minimum atomic E-state index is -5.07. The summed E-state index contributed by atoms with van der Waals surface area (Å²) in [6.07, 6.45) is -4.76. The number of nitro groups is 1. The Morgan fingerprint density at radius 1 is 1.38 bits per heavy atom. The summed E-state index contributed by atoms with van der Waals surface area (Å²) in [5.74, 6) is -1.86. The maximum absolute atomic E-state index is 13.1. The molecule has 186 valence electrons. The molecule has 0 aliphatic carbocycles. The zero-order valence-electron chi connectivity index (χ0n) is 17.8. The highest BCUT2D eigenvalue weighted by Crippen LogP contribution is 2.55. The van der Waals surface area contributed by atoms with Crippen molar-refractivity contribution in [3.63, 3.8) is 0 Å². The number of carbonyl (C=O) groups excluding carboxylic acids is 1. The smallest absolute Gasteiger partial charge is 0.417 e. The summed E-state index contributed by atoms with van der Waals surface area (Å²) in [6, 6.07) is 5.30. The number of halogens is 4. The van der Waals surface area contributed by atoms with Gasteiger partial charge in [-0.15, -0.1) is 0 Å². The van der Waals surface area contributed by atoms with E-state index in [-0.39, 0.29) is 17.7 Å². The molecule has 1 heterocycles. The van der Waals surface area contributed by atoms with Gasteiger partial charge in [-0.25, -0.2) is 4.98 Å². The minimum Gasteiger partial charge on any atom is -0.438 e. The molecule has 2 aromatic rings. The molecular weight excluding hydrogens is 506 g/mol. The van der Waals surface area contributed by atoms with Gasteiger partial charge in [0.05, 0.1) is 11.7 Å². The first-order chi connectivity index (χ1) is 15.6. The Morgan fingerprint density at radius 3 is 2.56 bits per heavy atom. The van der Waals surface area contributed by atoms with Gasteiger partial charge in [0.1, 0.15) is 10.8 Å². The van der Waals surface area contributed by atoms with E-state index in [0.717, 1.165) is 12.1 Å². The lowest BCUT2D eigenvalue weighted by Crippen LogP contribution is -2.53. The predicted molar refractivity (Wildman–Crippen MR) is 115 cm³/mol. The fourth-order valence-electron chi connectivity index (χ4n) is 2.62. The van der Waals surface area contributed by atoms with Crippen molar-refractivity contribution < 1.29 is 41.6 Å². The number of alkyl halides is 3. The number of ether oxygens (including phenoxy) is 1. The highest BCUT2D eigenvalue weighted by molar-refractivity contribution is 7.55. The van der Waals surface area contributed by atoms with E-state index in [1.54, 1.807) is 6.92 Å². The molecule has 0 saturated carbocycles. The highest BCUT2D eigenvalue weighted by atomic mass is 35.5. The summed E-state index contributed by atoms with van der Waals surface area (Å²) in [5, 5.41) is 7.75. The molecule has 15 heteroatoms. The molecule has 1 aromatic carbocycles. The fourth-order valence-corrected chi connectivity index (χ4v) is 4.33. The van der Waals surface area contributed by atoms with Crippen molar-refractivity contribution in [2.45, 2.75) is 37.8 Å². The van der Waals surface area contributed by atoms with Crippen LogP contribution >= 0.6 is 19.2 Å². The van der Waals surface area contributed by atoms with Crippen molar-refractivity contribution in [3.8, 4) is 11.6 Å². The van der Waals surface area contributed by atoms with Crippen LogP contribution in [-0.4, -0.2) is 38.5 Å². The third kappa shape index (κ3) is 6.30. The van der Waals surface area contributed by atoms with Crippen LogP contribution in [0.2, 0.25) is 5.02 Å². The molecule has 0 aliphatic rings. The van der Waals surface area contributed by atoms with Crippen molar-refractivity contribution in [2.24, 2.45) is 5.73 Å². The minimum absolute atomic E-state index is 0.154. The van der Waals surface area contributed by atoms with Gasteiger partial charge in [0, 0.05) is 16.7 Å². The SMILES string of the molecule is CCC(C)OP(=O)(O)C(N)(C[N+](=O)[O-])C(=O)c1cccc(Oc2ncc(C(F)(F)F)cc2Cl)c1. The molecule has 0 bridgehead atoms. The number of benzene rings is 1. The third-order valence-electron chi connectivity index (χ3n) is 4.61. The molecule has 3 N–H and O–H groups in total. The van der Waals surface area contributed by atoms with Gasteiger partial charge in [0.2, 0.25) is 23.5 Å². The number of Topliss-reactive ketones (excluding diaryl/α,β-unsaturated/α-hetero) is 1. The molecule has 0 spiro atoms. The zero-order chi connectivity index (χ0) is 25.9. The summed E-state index contributed by atoms with van der Waals surface area (Å²) >= 11 is 5.80. The van der Waals surface area contributed by atoms with Crippen molar-refractivity contribution in [1.29, 1.82) is 0 Å². The molecule has 0 amide bonds. The topological polar surface area (TPSA) is 155 Å². The lowest BCUT2D eigenvalue weighted by Gasteiger charge is -2.30. The Morgan fingerprint density at radius 2 is 2.03 bits per heavy atom. The number of hydrogen-bond acceptors (Lipinski definition) is 8. The van der Waals surface area contributed by atoms with Gasteiger partial charge in [-0.05, 0) is 31.5 Å². The van der Waals surface area contributed by atoms with E-state index in [1.165, 1.54) is 19.1 Å². The van der Waals surface area contributed by atoms with E-state index < -0.39 is 58.9 Å². The van der Waals surface area contributed by atoms with Gasteiger partial charge in [-0.2, -0.15) is 13.2 Å². The van der Waals surface area contributed by atoms with Crippen LogP contribution in [0.5, 0.6) is 11.6 Å². The molecule has 0 aliphatic heterocycles. The molecule has 0 saturated heterocycles. The second-order valence-electron chi connectivity index (χ2n) is 7.23. The number of carbonyl (C=O) groups is 1. The van der Waals surface area contributed by atoms with Crippen LogP contribution in [-0.2, 0) is 15.3 Å². The van der Waals surface area contributed by atoms with Crippen LogP contribution in [0.25, 0.3) is 0 Å². The summed E-state index contributed by atoms with van der Waals surface area (Å²) in [6.45, 7) is 1.64. The van der Waals surface area contributed by atoms with Crippen LogP contribution in [0.1, 0.15) is 36.2 Å². The van der Waals surface area contributed by atoms with Gasteiger partial charge in [0.15, 0.2) is 0 Å². The molecule has 0 radical (unpaired) electrons. The number of nitrogens with two attached hydrogens (primary N) is 1. The molecule has 3 unspecified atom stereocenters. The number of aromatic nitrogens is 1. The lowest BCUT2D eigenvalue weighted by atomic mass is 10.0. The van der Waals surface area contributed by atoms with E-state index in [2.05, 4.69) is 4.98 Å². The molecular formula is C19H20ClF3N3O7P. The van der Waals surface area contributed by atoms with E-state index in [1.807, 2.05) is 0 Å². The maximum atomic E-state index is 13.1. The van der Waals surface area contributed by atoms with Crippen LogP contribution < -0.4 is 10.5 Å². The molecule has 0 fully saturated rings. The van der Waals surface area contributed by atoms with Gasteiger partial charge in [-0.3, -0.25) is 19.5 Å². The second kappa shape index (κ2) is 10.4. The molecule has 3 atom stereocenters. The Labute approximate surface area is 196 Å². The number of ketones is 1. The second-order valence-corrected chi connectivity index (χ2v) is 9.68. The zero-order valence-corrected chi connectivity index (χ0v) is 19.4. The number of nitrogens with zero attached hydrogens (tertiary/aromatic N) is 2. The van der Waals surface area contributed by atoms with Crippen LogP contribution in [0.3, 0.4) is 0 Å². The first kappa shape index (κ1) is 27.7. The third-order valence-corrected chi connectivity index (χ3v) is 6.88. The Balaban J connectivity index is 2.41. The average Bonchev–Trinajstić information content (AvgIpc) is 2.73. The number of pyridine rings is 1. The van der Waals surface area contributed by atoms with Gasteiger partial charge in [-0.1, -0.05) is 30.7 Å². The van der Waals surface area contributed by atoms with Crippen molar-refractivity contribution in [2.75, 3.05) is 6.54 Å². The predicted octanol–water partition coefficient (Wildman–Crippen LogP) is 4.66. The van der Waals surface area contributed by atoms with Crippen LogP contribution in [0.4, 0.5) is 13.2 Å². The molecule has 2 rings (SSSR count). The van der Waals surface area contributed by atoms with Crippen LogP contribution in [0, 0.1) is 10.1 Å². The first-order valence-corrected chi connectivity index (χ1v) is 11.5. The van der Waals surface area contributed by atoms with E-state index >= 15 is 0 Å². The lowest BCUT2D eigenvalue weighted by molar-refractivity contribution is -0.483. The van der Waals surface area contributed by atoms with E-state index in [9.17, 15) is 37.5 Å². The van der Waals surface area contributed by atoms with Gasteiger partial charge >= 0.3 is 13.8 Å². The average molecular weight is 526 g/mol. The highest BCUT2D eigenvalue weighted by Gasteiger charge is 2.57. The number of hydrogen-bond donors (Lipinski definition) is 2. The summed E-state index contributed by atoms with van der Waals surface area (Å²) < 4.78 is 61.5. The largest absolute Gasteiger partial charge is 0.438 e. The maximum Gasteiger partial charge on any atom is 0.417 e. The fraction of sp³-hybridized carbons (Fsp3) is 0.368. The van der Waals surface area contributed by atoms with E-state index in [4.69, 9.17) is 26.6 Å². The van der Waals surface area contributed by atoms with Crippen molar-refractivity contribution in [1.82, 2.24) is 4.98 Å². The van der Waals surface area contributed by atoms with E-state index in [0.29, 0.717) is 12.3 Å². The number of rotatable bonds is 10. The van der Waals surface area contributed by atoms with Gasteiger partial charge < -0.3 is 19.9 Å². The Kier molecular flexibility index (Phi) is 8.43. The summed E-state index contributed by atoms with van der Waals surface area (Å²) in [4.78, 5) is 37.1. The standard InChI is InChI=1S/C19H20ClF3N3O7P/c1-3-11(2)33-34(30,31)18(24,10-26(28)29)16(27)12-5-4-6-14(7-12)32-17-15(20)8-13(9-25-17)19(21,22)23/h4-9,11H,3,10,24H2,1-2H3,(H,30,31). The summed E-state index contributed by atoms with van der Waals surface area (Å²) in [5.41, 5.74) is 4.36. The summed E-state index contributed by atoms with van der Waals surface area (Å²) in [7, 11) is -5.07. The normalized spacial score (nSPS) is 16.2. The van der Waals surface area contributed by atoms with Crippen molar-refractivity contribution in [3.05, 3.63) is 62.8 Å². The van der Waals surface area contributed by atoms with Crippen molar-refractivity contribution >= 4 is 25.0 Å². The Bertz CT molecular complexity index is 1130. The Hall–Kier alpha value is -2.57. The van der Waals surface area contributed by atoms with Crippen LogP contribution in [0.15, 0.2) is 36.5 Å². The molecule has 10 nitrogen and oxygen atoms in total. The molecule has 34 heavy (non-hydrogen) atoms. The quantitative estimate of drug-likeness (QED) is 0.195. The molecule has 1 aromatic heterocycles. The first-order valence-electron chi connectivity index (χ1n) is 9.58.